The molecule has 4 atom stereocenters. The number of carbonyl (C=O) groups excluding carboxylic acids is 3. The van der Waals surface area contributed by atoms with Crippen molar-refractivity contribution >= 4 is 17.7 Å². The van der Waals surface area contributed by atoms with E-state index in [1.165, 1.54) is 0 Å². The molecule has 0 bridgehead atoms. The maximum Gasteiger partial charge on any atom is 0.252 e. The van der Waals surface area contributed by atoms with Crippen LogP contribution in [0.4, 0.5) is 0 Å². The summed E-state index contributed by atoms with van der Waals surface area (Å²) in [6.45, 7) is 5.14. The van der Waals surface area contributed by atoms with Gasteiger partial charge in [0.05, 0.1) is 18.7 Å². The van der Waals surface area contributed by atoms with E-state index in [1.807, 2.05) is 20.8 Å². The molecular weight excluding hydrogens is 318 g/mol. The van der Waals surface area contributed by atoms with E-state index >= 15 is 0 Å². The van der Waals surface area contributed by atoms with Crippen LogP contribution in [-0.4, -0.2) is 63.4 Å². The highest BCUT2D eigenvalue weighted by molar-refractivity contribution is 5.89. The molecule has 3 amide bonds. The summed E-state index contributed by atoms with van der Waals surface area (Å²) in [5, 5.41) is 35.1. The zero-order valence-corrected chi connectivity index (χ0v) is 14.2. The van der Waals surface area contributed by atoms with Crippen LogP contribution in [0.15, 0.2) is 0 Å². The molecule has 0 saturated heterocycles. The van der Waals surface area contributed by atoms with Crippen molar-refractivity contribution in [2.24, 2.45) is 11.1 Å². The van der Waals surface area contributed by atoms with E-state index in [4.69, 9.17) is 5.73 Å². The normalized spacial score (nSPS) is 30.5. The summed E-state index contributed by atoms with van der Waals surface area (Å²) in [5.41, 5.74) is 2.63. The summed E-state index contributed by atoms with van der Waals surface area (Å²) < 4.78 is 0. The lowest BCUT2D eigenvalue weighted by Gasteiger charge is -2.41. The van der Waals surface area contributed by atoms with Crippen molar-refractivity contribution < 1.29 is 29.7 Å². The van der Waals surface area contributed by atoms with Gasteiger partial charge < -0.3 is 31.7 Å². The summed E-state index contributed by atoms with van der Waals surface area (Å²) >= 11 is 0. The summed E-state index contributed by atoms with van der Waals surface area (Å²) in [4.78, 5) is 34.8. The first-order chi connectivity index (χ1) is 10.8. The molecule has 138 valence electrons. The van der Waals surface area contributed by atoms with Gasteiger partial charge in [-0.1, -0.05) is 20.8 Å². The number of aliphatic hydroxyl groups is 3. The van der Waals surface area contributed by atoms with Crippen molar-refractivity contribution in [3.8, 4) is 0 Å². The lowest BCUT2D eigenvalue weighted by atomic mass is 9.77. The van der Waals surface area contributed by atoms with Gasteiger partial charge in [0, 0.05) is 19.3 Å². The fourth-order valence-electron chi connectivity index (χ4n) is 2.70. The molecule has 9 heteroatoms. The van der Waals surface area contributed by atoms with Gasteiger partial charge in [-0.2, -0.15) is 0 Å². The summed E-state index contributed by atoms with van der Waals surface area (Å²) in [7, 11) is 0. The van der Waals surface area contributed by atoms with Crippen molar-refractivity contribution in [3.63, 3.8) is 0 Å². The van der Waals surface area contributed by atoms with Gasteiger partial charge >= 0.3 is 0 Å². The average molecular weight is 345 g/mol. The third-order valence-electron chi connectivity index (χ3n) is 3.79. The highest BCUT2D eigenvalue weighted by Gasteiger charge is 2.49. The fraction of sp³-hybridized carbons (Fsp3) is 0.800. The summed E-state index contributed by atoms with van der Waals surface area (Å²) in [6, 6.07) is -0.993. The van der Waals surface area contributed by atoms with Gasteiger partial charge in [-0.05, 0) is 5.41 Å². The number of hydrogen-bond acceptors (Lipinski definition) is 6. The Morgan fingerprint density at radius 1 is 1.21 bits per heavy atom. The SMILES string of the molecule is CC(C)(C)CC(=O)NC1CC(O)(C(=O)NCC(N)=O)CC(O)C1O. The monoisotopic (exact) mass is 345 g/mol. The fourth-order valence-corrected chi connectivity index (χ4v) is 2.70. The first-order valence-corrected chi connectivity index (χ1v) is 7.78. The van der Waals surface area contributed by atoms with Crippen molar-refractivity contribution in [1.29, 1.82) is 0 Å². The van der Waals surface area contributed by atoms with Gasteiger partial charge in [-0.3, -0.25) is 14.4 Å². The molecule has 1 rings (SSSR count). The minimum Gasteiger partial charge on any atom is -0.390 e. The molecule has 0 aliphatic heterocycles. The van der Waals surface area contributed by atoms with Crippen LogP contribution in [0.1, 0.15) is 40.0 Å². The van der Waals surface area contributed by atoms with Gasteiger partial charge in [-0.15, -0.1) is 0 Å². The molecule has 0 radical (unpaired) electrons. The number of nitrogens with two attached hydrogens (primary N) is 1. The van der Waals surface area contributed by atoms with Gasteiger partial charge in [-0.25, -0.2) is 0 Å². The number of primary amides is 1. The Morgan fingerprint density at radius 3 is 2.29 bits per heavy atom. The molecule has 9 nitrogen and oxygen atoms in total. The van der Waals surface area contributed by atoms with Crippen LogP contribution in [0, 0.1) is 5.41 Å². The molecule has 4 unspecified atom stereocenters. The van der Waals surface area contributed by atoms with Crippen LogP contribution in [0.5, 0.6) is 0 Å². The molecule has 1 saturated carbocycles. The van der Waals surface area contributed by atoms with E-state index in [0.29, 0.717) is 0 Å². The van der Waals surface area contributed by atoms with E-state index < -0.39 is 48.6 Å². The maximum atomic E-state index is 12.1. The van der Waals surface area contributed by atoms with Crippen LogP contribution < -0.4 is 16.4 Å². The Morgan fingerprint density at radius 2 is 1.79 bits per heavy atom. The maximum absolute atomic E-state index is 12.1. The van der Waals surface area contributed by atoms with E-state index in [0.717, 1.165) is 0 Å². The largest absolute Gasteiger partial charge is 0.390 e. The third-order valence-corrected chi connectivity index (χ3v) is 3.79. The van der Waals surface area contributed by atoms with Crippen LogP contribution in [0.25, 0.3) is 0 Å². The first-order valence-electron chi connectivity index (χ1n) is 7.78. The van der Waals surface area contributed by atoms with Crippen LogP contribution in [0.2, 0.25) is 0 Å². The zero-order valence-electron chi connectivity index (χ0n) is 14.2. The van der Waals surface area contributed by atoms with Crippen molar-refractivity contribution in [2.75, 3.05) is 6.54 Å². The van der Waals surface area contributed by atoms with Gasteiger partial charge in [0.15, 0.2) is 0 Å². The highest BCUT2D eigenvalue weighted by atomic mass is 16.3. The smallest absolute Gasteiger partial charge is 0.252 e. The Kier molecular flexibility index (Phi) is 6.32. The van der Waals surface area contributed by atoms with Crippen LogP contribution in [0.3, 0.4) is 0 Å². The molecule has 0 aromatic rings. The van der Waals surface area contributed by atoms with Gasteiger partial charge in [0.1, 0.15) is 11.7 Å². The second-order valence-electron chi connectivity index (χ2n) is 7.56. The molecule has 24 heavy (non-hydrogen) atoms. The first kappa shape index (κ1) is 20.3. The Labute approximate surface area is 140 Å². The number of carbonyl (C=O) groups is 3. The highest BCUT2D eigenvalue weighted by Crippen LogP contribution is 2.30. The van der Waals surface area contributed by atoms with Crippen molar-refractivity contribution in [2.45, 2.75) is 63.9 Å². The number of rotatable bonds is 5. The van der Waals surface area contributed by atoms with E-state index in [9.17, 15) is 29.7 Å². The topological polar surface area (TPSA) is 162 Å². The van der Waals surface area contributed by atoms with Crippen molar-refractivity contribution in [1.82, 2.24) is 10.6 Å². The quantitative estimate of drug-likeness (QED) is 0.330. The molecule has 1 fully saturated rings. The summed E-state index contributed by atoms with van der Waals surface area (Å²) in [6.07, 6.45) is -3.23. The number of nitrogens with one attached hydrogen (secondary N) is 2. The zero-order chi connectivity index (χ0) is 18.7. The Balaban J connectivity index is 2.80. The number of hydrogen-bond donors (Lipinski definition) is 6. The minimum atomic E-state index is -2.02. The van der Waals surface area contributed by atoms with E-state index in [-0.39, 0.29) is 24.2 Å². The van der Waals surface area contributed by atoms with Crippen LogP contribution >= 0.6 is 0 Å². The van der Waals surface area contributed by atoms with E-state index in [1.54, 1.807) is 0 Å². The molecule has 0 spiro atoms. The molecule has 0 aromatic carbocycles. The average Bonchev–Trinajstić information content (AvgIpc) is 2.39. The Bertz CT molecular complexity index is 504. The minimum absolute atomic E-state index is 0.179. The molecule has 7 N–H and O–H groups in total. The molecule has 1 aliphatic rings. The molecule has 1 aliphatic carbocycles. The number of amides is 3. The summed E-state index contributed by atoms with van der Waals surface area (Å²) in [5.74, 6) is -2.03. The standard InChI is InChI=1S/C15H27N3O6/c1-14(2,3)6-11(21)18-8-4-15(24,5-9(19)12(8)22)13(23)17-7-10(16)20/h8-9,12,19,22,24H,4-7H2,1-3H3,(H2,16,20)(H,17,23)(H,18,21). The van der Waals surface area contributed by atoms with Gasteiger partial charge in [0.25, 0.3) is 5.91 Å². The molecule has 0 aromatic heterocycles. The van der Waals surface area contributed by atoms with E-state index in [2.05, 4.69) is 10.6 Å². The predicted octanol–water partition coefficient (Wildman–Crippen LogP) is -2.24. The van der Waals surface area contributed by atoms with Crippen LogP contribution in [-0.2, 0) is 14.4 Å². The van der Waals surface area contributed by atoms with Gasteiger partial charge in [0.2, 0.25) is 11.8 Å². The second-order valence-corrected chi connectivity index (χ2v) is 7.56. The Hall–Kier alpha value is -1.71. The number of aliphatic hydroxyl groups excluding tert-OH is 2. The second kappa shape index (κ2) is 7.45. The molecular formula is C15H27N3O6. The van der Waals surface area contributed by atoms with Crippen molar-refractivity contribution in [3.05, 3.63) is 0 Å². The lowest BCUT2D eigenvalue weighted by Crippen LogP contribution is -2.63. The predicted molar refractivity (Wildman–Crippen MR) is 84.4 cm³/mol. The third kappa shape index (κ3) is 5.73. The molecule has 0 heterocycles. The lowest BCUT2D eigenvalue weighted by molar-refractivity contribution is -0.160.